The van der Waals surface area contributed by atoms with Gasteiger partial charge >= 0.3 is 0 Å². The largest absolute Gasteiger partial charge is 0.484 e. The van der Waals surface area contributed by atoms with Gasteiger partial charge < -0.3 is 9.64 Å². The molecule has 21 heavy (non-hydrogen) atoms. The lowest BCUT2D eigenvalue weighted by Crippen LogP contribution is -2.40. The number of aryl methyl sites for hydroxylation is 2. The summed E-state index contributed by atoms with van der Waals surface area (Å²) >= 11 is 0. The second-order valence-electron chi connectivity index (χ2n) is 6.49. The van der Waals surface area contributed by atoms with Gasteiger partial charge in [-0.15, -0.1) is 0 Å². The van der Waals surface area contributed by atoms with Gasteiger partial charge in [0, 0.05) is 13.1 Å². The van der Waals surface area contributed by atoms with Crippen LogP contribution in [0.15, 0.2) is 18.2 Å². The molecule has 1 aromatic carbocycles. The lowest BCUT2D eigenvalue weighted by atomic mass is 9.92. The van der Waals surface area contributed by atoms with Gasteiger partial charge in [0.2, 0.25) is 0 Å². The number of carbonyl (C=O) groups excluding carboxylic acids is 1. The Labute approximate surface area is 127 Å². The molecule has 1 saturated heterocycles. The molecule has 0 spiro atoms. The molecule has 0 radical (unpaired) electrons. The Morgan fingerprint density at radius 2 is 1.90 bits per heavy atom. The van der Waals surface area contributed by atoms with Crippen LogP contribution >= 0.6 is 0 Å². The molecule has 1 fully saturated rings. The number of carbonyl (C=O) groups is 1. The predicted molar refractivity (Wildman–Crippen MR) is 83.6 cm³/mol. The molecule has 1 aliphatic heterocycles. The summed E-state index contributed by atoms with van der Waals surface area (Å²) in [6, 6.07) is 6.30. The maximum absolute atomic E-state index is 12.2. The second-order valence-corrected chi connectivity index (χ2v) is 6.49. The van der Waals surface area contributed by atoms with Gasteiger partial charge in [-0.05, 0) is 67.7 Å². The van der Waals surface area contributed by atoms with E-state index in [1.54, 1.807) is 0 Å². The first-order valence-corrected chi connectivity index (χ1v) is 8.25. The van der Waals surface area contributed by atoms with Crippen LogP contribution in [0.5, 0.6) is 5.75 Å². The van der Waals surface area contributed by atoms with Crippen molar-refractivity contribution in [1.29, 1.82) is 0 Å². The quantitative estimate of drug-likeness (QED) is 0.854. The van der Waals surface area contributed by atoms with E-state index in [1.807, 2.05) is 11.0 Å². The maximum Gasteiger partial charge on any atom is 0.260 e. The molecule has 0 atom stereocenters. The summed E-state index contributed by atoms with van der Waals surface area (Å²) in [6.45, 7) is 4.19. The van der Waals surface area contributed by atoms with Crippen molar-refractivity contribution in [3.05, 3.63) is 29.3 Å². The number of amides is 1. The summed E-state index contributed by atoms with van der Waals surface area (Å²) in [7, 11) is 0. The van der Waals surface area contributed by atoms with Gasteiger partial charge in [-0.3, -0.25) is 4.79 Å². The number of piperidine rings is 1. The van der Waals surface area contributed by atoms with Crippen molar-refractivity contribution in [2.75, 3.05) is 19.7 Å². The normalized spacial score (nSPS) is 19.2. The molecule has 0 N–H and O–H groups in total. The summed E-state index contributed by atoms with van der Waals surface area (Å²) in [5.74, 6) is 1.71. The molecule has 2 aliphatic rings. The van der Waals surface area contributed by atoms with Gasteiger partial charge in [-0.1, -0.05) is 13.0 Å². The van der Waals surface area contributed by atoms with Crippen molar-refractivity contribution in [2.24, 2.45) is 5.92 Å². The average Bonchev–Trinajstić information content (AvgIpc) is 2.53. The molecule has 0 unspecified atom stereocenters. The first-order valence-electron chi connectivity index (χ1n) is 8.25. The highest BCUT2D eigenvalue weighted by molar-refractivity contribution is 5.77. The molecule has 114 valence electrons. The molecule has 0 bridgehead atoms. The number of hydrogen-bond acceptors (Lipinski definition) is 2. The van der Waals surface area contributed by atoms with E-state index in [0.717, 1.165) is 44.0 Å². The zero-order chi connectivity index (χ0) is 14.7. The van der Waals surface area contributed by atoms with E-state index in [9.17, 15) is 4.79 Å². The average molecular weight is 287 g/mol. The van der Waals surface area contributed by atoms with Crippen LogP contribution in [-0.2, 0) is 17.6 Å². The Hall–Kier alpha value is -1.51. The van der Waals surface area contributed by atoms with E-state index < -0.39 is 0 Å². The van der Waals surface area contributed by atoms with Gasteiger partial charge in [-0.25, -0.2) is 0 Å². The number of fused-ring (bicyclic) bond motifs is 1. The highest BCUT2D eigenvalue weighted by Crippen LogP contribution is 2.25. The zero-order valence-corrected chi connectivity index (χ0v) is 12.9. The number of benzene rings is 1. The molecule has 3 heteroatoms. The van der Waals surface area contributed by atoms with Crippen molar-refractivity contribution >= 4 is 5.91 Å². The van der Waals surface area contributed by atoms with Crippen LogP contribution in [0.2, 0.25) is 0 Å². The van der Waals surface area contributed by atoms with E-state index in [1.165, 1.54) is 30.4 Å². The minimum absolute atomic E-state index is 0.125. The van der Waals surface area contributed by atoms with Crippen LogP contribution in [0, 0.1) is 5.92 Å². The lowest BCUT2D eigenvalue weighted by Gasteiger charge is -2.30. The van der Waals surface area contributed by atoms with Crippen LogP contribution in [0.1, 0.15) is 43.7 Å². The molecule has 0 aromatic heterocycles. The Balaban J connectivity index is 1.54. The highest BCUT2D eigenvalue weighted by Gasteiger charge is 2.20. The van der Waals surface area contributed by atoms with Crippen molar-refractivity contribution in [3.8, 4) is 5.75 Å². The Morgan fingerprint density at radius 3 is 2.67 bits per heavy atom. The third-order valence-electron chi connectivity index (χ3n) is 4.82. The van der Waals surface area contributed by atoms with Crippen LogP contribution in [0.25, 0.3) is 0 Å². The van der Waals surface area contributed by atoms with Crippen molar-refractivity contribution in [1.82, 2.24) is 4.90 Å². The summed E-state index contributed by atoms with van der Waals surface area (Å²) in [4.78, 5) is 14.1. The van der Waals surface area contributed by atoms with Crippen LogP contribution in [0.3, 0.4) is 0 Å². The smallest absolute Gasteiger partial charge is 0.260 e. The van der Waals surface area contributed by atoms with Gasteiger partial charge in [-0.2, -0.15) is 0 Å². The summed E-state index contributed by atoms with van der Waals surface area (Å²) in [5.41, 5.74) is 2.85. The topological polar surface area (TPSA) is 29.5 Å². The van der Waals surface area contributed by atoms with Gasteiger partial charge in [0.05, 0.1) is 0 Å². The molecule has 1 aromatic rings. The Morgan fingerprint density at radius 1 is 1.19 bits per heavy atom. The fourth-order valence-corrected chi connectivity index (χ4v) is 3.29. The molecule has 3 nitrogen and oxygen atoms in total. The van der Waals surface area contributed by atoms with E-state index in [0.29, 0.717) is 0 Å². The Bertz CT molecular complexity index is 504. The molecule has 1 aliphatic carbocycles. The van der Waals surface area contributed by atoms with Crippen LogP contribution in [0.4, 0.5) is 0 Å². The minimum Gasteiger partial charge on any atom is -0.484 e. The fourth-order valence-electron chi connectivity index (χ4n) is 3.29. The number of hydrogen-bond donors (Lipinski definition) is 0. The predicted octanol–water partition coefficient (Wildman–Crippen LogP) is 3.20. The highest BCUT2D eigenvalue weighted by atomic mass is 16.5. The van der Waals surface area contributed by atoms with Crippen molar-refractivity contribution < 1.29 is 9.53 Å². The second kappa shape index (κ2) is 6.50. The molecule has 1 heterocycles. The number of ether oxygens (including phenoxy) is 1. The van der Waals surface area contributed by atoms with Crippen molar-refractivity contribution in [2.45, 2.75) is 45.4 Å². The van der Waals surface area contributed by atoms with E-state index >= 15 is 0 Å². The lowest BCUT2D eigenvalue weighted by molar-refractivity contribution is -0.134. The van der Waals surface area contributed by atoms with E-state index in [2.05, 4.69) is 19.1 Å². The van der Waals surface area contributed by atoms with Gasteiger partial charge in [0.1, 0.15) is 5.75 Å². The Kier molecular flexibility index (Phi) is 4.47. The van der Waals surface area contributed by atoms with Crippen molar-refractivity contribution in [3.63, 3.8) is 0 Å². The van der Waals surface area contributed by atoms with E-state index in [-0.39, 0.29) is 12.5 Å². The summed E-state index contributed by atoms with van der Waals surface area (Å²) in [5, 5.41) is 0. The number of rotatable bonds is 3. The number of nitrogens with zero attached hydrogens (tertiary/aromatic N) is 1. The van der Waals surface area contributed by atoms with Gasteiger partial charge in [0.15, 0.2) is 6.61 Å². The zero-order valence-electron chi connectivity index (χ0n) is 12.9. The summed E-state index contributed by atoms with van der Waals surface area (Å²) < 4.78 is 5.72. The molecule has 3 rings (SSSR count). The number of likely N-dealkylation sites (tertiary alicyclic amines) is 1. The maximum atomic E-state index is 12.2. The SMILES string of the molecule is CC1CCN(C(=O)COc2ccc3c(c2)CCCC3)CC1. The first kappa shape index (κ1) is 14.4. The van der Waals surface area contributed by atoms with E-state index in [4.69, 9.17) is 4.74 Å². The third-order valence-corrected chi connectivity index (χ3v) is 4.82. The molecule has 0 saturated carbocycles. The van der Waals surface area contributed by atoms with Gasteiger partial charge in [0.25, 0.3) is 5.91 Å². The molecular formula is C18H25NO2. The minimum atomic E-state index is 0.125. The van der Waals surface area contributed by atoms with Crippen LogP contribution < -0.4 is 4.74 Å². The molecular weight excluding hydrogens is 262 g/mol. The fraction of sp³-hybridized carbons (Fsp3) is 0.611. The van der Waals surface area contributed by atoms with Crippen LogP contribution in [-0.4, -0.2) is 30.5 Å². The standard InChI is InChI=1S/C18H25NO2/c1-14-8-10-19(11-9-14)18(20)13-21-17-7-6-15-4-2-3-5-16(15)12-17/h6-7,12,14H,2-5,8-11,13H2,1H3. The summed E-state index contributed by atoms with van der Waals surface area (Å²) in [6.07, 6.45) is 7.11. The first-order chi connectivity index (χ1) is 10.2. The third kappa shape index (κ3) is 3.58. The monoisotopic (exact) mass is 287 g/mol. The molecule has 1 amide bonds.